The van der Waals surface area contributed by atoms with Crippen LogP contribution in [0.15, 0.2) is 16.7 Å². The largest absolute Gasteiger partial charge is 0.312 e. The third-order valence-electron chi connectivity index (χ3n) is 5.63. The van der Waals surface area contributed by atoms with Crippen LogP contribution in [-0.2, 0) is 13.0 Å². The van der Waals surface area contributed by atoms with E-state index in [9.17, 15) is 0 Å². The van der Waals surface area contributed by atoms with E-state index < -0.39 is 0 Å². The van der Waals surface area contributed by atoms with Gasteiger partial charge in [0.25, 0.3) is 0 Å². The molecule has 0 aromatic carbocycles. The maximum Gasteiger partial charge on any atom is 0.160 e. The van der Waals surface area contributed by atoms with Crippen molar-refractivity contribution in [2.45, 2.75) is 40.7 Å². The molecule has 0 radical (unpaired) electrons. The number of rotatable bonds is 4. The lowest BCUT2D eigenvalue weighted by atomic mass is 10.0. The molecule has 1 saturated carbocycles. The molecule has 0 spiro atoms. The predicted octanol–water partition coefficient (Wildman–Crippen LogP) is 4.66. The first kappa shape index (κ1) is 15.3. The van der Waals surface area contributed by atoms with Crippen LogP contribution >= 0.6 is 27.5 Å². The van der Waals surface area contributed by atoms with Crippen molar-refractivity contribution in [1.82, 2.24) is 14.5 Å². The van der Waals surface area contributed by atoms with Crippen LogP contribution in [0.3, 0.4) is 0 Å². The lowest BCUT2D eigenvalue weighted by Gasteiger charge is -2.09. The second-order valence-electron chi connectivity index (χ2n) is 7.07. The van der Waals surface area contributed by atoms with E-state index in [1.165, 1.54) is 0 Å². The molecule has 114 valence electrons. The maximum atomic E-state index is 5.95. The smallest absolute Gasteiger partial charge is 0.160 e. The van der Waals surface area contributed by atoms with E-state index in [-0.39, 0.29) is 0 Å². The zero-order chi connectivity index (χ0) is 15.4. The lowest BCUT2D eigenvalue weighted by Crippen LogP contribution is -2.09. The summed E-state index contributed by atoms with van der Waals surface area (Å²) in [5, 5.41) is 0. The monoisotopic (exact) mass is 369 g/mol. The molecule has 3 nitrogen and oxygen atoms in total. The molecule has 0 N–H and O–H groups in total. The molecule has 0 saturated heterocycles. The first-order valence-corrected chi connectivity index (χ1v) is 8.68. The average Bonchev–Trinajstić information content (AvgIpc) is 2.68. The van der Waals surface area contributed by atoms with Gasteiger partial charge >= 0.3 is 0 Å². The minimum atomic E-state index is 0.358. The molecule has 1 fully saturated rings. The van der Waals surface area contributed by atoms with Crippen molar-refractivity contribution in [3.05, 3.63) is 22.6 Å². The molecule has 21 heavy (non-hydrogen) atoms. The van der Waals surface area contributed by atoms with Crippen LogP contribution in [0.2, 0.25) is 0 Å². The molecule has 0 bridgehead atoms. The zero-order valence-electron chi connectivity index (χ0n) is 13.0. The van der Waals surface area contributed by atoms with Gasteiger partial charge in [0, 0.05) is 29.5 Å². The van der Waals surface area contributed by atoms with Crippen LogP contribution in [0.25, 0.3) is 11.2 Å². The highest BCUT2D eigenvalue weighted by molar-refractivity contribution is 9.10. The van der Waals surface area contributed by atoms with Crippen molar-refractivity contribution in [2.75, 3.05) is 5.88 Å². The van der Waals surface area contributed by atoms with Crippen molar-refractivity contribution in [1.29, 1.82) is 0 Å². The highest BCUT2D eigenvalue weighted by Gasteiger charge is 2.64. The lowest BCUT2D eigenvalue weighted by molar-refractivity contribution is 0.457. The number of halogens is 2. The van der Waals surface area contributed by atoms with Crippen molar-refractivity contribution in [3.8, 4) is 0 Å². The van der Waals surface area contributed by atoms with Gasteiger partial charge in [-0.2, -0.15) is 0 Å². The number of fused-ring (bicyclic) bond motifs is 1. The first-order valence-electron chi connectivity index (χ1n) is 7.35. The number of hydrogen-bond acceptors (Lipinski definition) is 2. The molecule has 3 rings (SSSR count). The highest BCUT2D eigenvalue weighted by Crippen LogP contribution is 2.69. The van der Waals surface area contributed by atoms with Crippen LogP contribution in [0.1, 0.15) is 33.5 Å². The normalized spacial score (nSPS) is 20.1. The SMILES string of the molecule is CC1(C)C(Cn2c(CCCl)nc3cc(Br)cnc32)C1(C)C. The van der Waals surface area contributed by atoms with Gasteiger partial charge < -0.3 is 4.57 Å². The van der Waals surface area contributed by atoms with E-state index in [4.69, 9.17) is 16.6 Å². The van der Waals surface area contributed by atoms with E-state index in [1.54, 1.807) is 0 Å². The maximum absolute atomic E-state index is 5.95. The fourth-order valence-electron chi connectivity index (χ4n) is 3.47. The van der Waals surface area contributed by atoms with Gasteiger partial charge in [-0.15, -0.1) is 11.6 Å². The number of nitrogens with zero attached hydrogens (tertiary/aromatic N) is 3. The van der Waals surface area contributed by atoms with Gasteiger partial charge in [-0.25, -0.2) is 9.97 Å². The molecular weight excluding hydrogens is 350 g/mol. The number of hydrogen-bond donors (Lipinski definition) is 0. The Hall–Kier alpha value is -0.610. The molecule has 0 amide bonds. The summed E-state index contributed by atoms with van der Waals surface area (Å²) in [6.45, 7) is 10.4. The molecule has 5 heteroatoms. The fraction of sp³-hybridized carbons (Fsp3) is 0.625. The first-order chi connectivity index (χ1) is 9.79. The number of aryl methyl sites for hydroxylation is 1. The topological polar surface area (TPSA) is 30.7 Å². The summed E-state index contributed by atoms with van der Waals surface area (Å²) in [6, 6.07) is 2.03. The Morgan fingerprint density at radius 1 is 1.29 bits per heavy atom. The van der Waals surface area contributed by atoms with Gasteiger partial charge in [0.2, 0.25) is 0 Å². The van der Waals surface area contributed by atoms with Gasteiger partial charge in [0.05, 0.1) is 0 Å². The fourth-order valence-corrected chi connectivity index (χ4v) is 3.96. The summed E-state index contributed by atoms with van der Waals surface area (Å²) in [7, 11) is 0. The van der Waals surface area contributed by atoms with Crippen LogP contribution in [0, 0.1) is 16.7 Å². The predicted molar refractivity (Wildman–Crippen MR) is 90.7 cm³/mol. The van der Waals surface area contributed by atoms with E-state index in [0.29, 0.717) is 22.6 Å². The molecule has 2 aromatic heterocycles. The van der Waals surface area contributed by atoms with Crippen LogP contribution < -0.4 is 0 Å². The molecule has 0 unspecified atom stereocenters. The molecule has 1 aliphatic rings. The zero-order valence-corrected chi connectivity index (χ0v) is 15.3. The summed E-state index contributed by atoms with van der Waals surface area (Å²) in [5.41, 5.74) is 2.63. The van der Waals surface area contributed by atoms with E-state index >= 15 is 0 Å². The summed E-state index contributed by atoms with van der Waals surface area (Å²) in [4.78, 5) is 9.30. The molecular formula is C16H21BrClN3. The highest BCUT2D eigenvalue weighted by atomic mass is 79.9. The molecule has 2 heterocycles. The number of imidazole rings is 1. The Bertz CT molecular complexity index is 676. The Labute approximate surface area is 139 Å². The van der Waals surface area contributed by atoms with Gasteiger partial charge in [0.15, 0.2) is 5.65 Å². The Morgan fingerprint density at radius 3 is 2.52 bits per heavy atom. The molecule has 1 aliphatic carbocycles. The quantitative estimate of drug-likeness (QED) is 0.733. The minimum Gasteiger partial charge on any atom is -0.312 e. The van der Waals surface area contributed by atoms with Gasteiger partial charge in [-0.05, 0) is 38.7 Å². The second-order valence-corrected chi connectivity index (χ2v) is 8.36. The summed E-state index contributed by atoms with van der Waals surface area (Å²) in [6.07, 6.45) is 2.62. The van der Waals surface area contributed by atoms with Crippen molar-refractivity contribution < 1.29 is 0 Å². The molecule has 2 aromatic rings. The Balaban J connectivity index is 2.02. The van der Waals surface area contributed by atoms with E-state index in [0.717, 1.165) is 34.4 Å². The second kappa shape index (κ2) is 4.95. The number of alkyl halides is 1. The number of pyridine rings is 1. The average molecular weight is 371 g/mol. The Kier molecular flexibility index (Phi) is 3.61. The van der Waals surface area contributed by atoms with Gasteiger partial charge in [0.1, 0.15) is 11.3 Å². The Morgan fingerprint density at radius 2 is 1.95 bits per heavy atom. The summed E-state index contributed by atoms with van der Waals surface area (Å²) in [5.74, 6) is 2.27. The van der Waals surface area contributed by atoms with Gasteiger partial charge in [-0.1, -0.05) is 27.7 Å². The number of aromatic nitrogens is 3. The minimum absolute atomic E-state index is 0.358. The molecule has 0 aliphatic heterocycles. The van der Waals surface area contributed by atoms with Gasteiger partial charge in [-0.3, -0.25) is 0 Å². The molecule has 0 atom stereocenters. The summed E-state index contributed by atoms with van der Waals surface area (Å²) >= 11 is 9.41. The van der Waals surface area contributed by atoms with Crippen molar-refractivity contribution in [3.63, 3.8) is 0 Å². The van der Waals surface area contributed by atoms with Crippen molar-refractivity contribution >= 4 is 38.7 Å². The van der Waals surface area contributed by atoms with E-state index in [2.05, 4.69) is 53.2 Å². The van der Waals surface area contributed by atoms with Crippen molar-refractivity contribution in [2.24, 2.45) is 16.7 Å². The van der Waals surface area contributed by atoms with Crippen LogP contribution in [0.5, 0.6) is 0 Å². The standard InChI is InChI=1S/C16H21BrClN3/c1-15(2)12(16(15,3)4)9-21-13(5-6-18)20-11-7-10(17)8-19-14(11)21/h7-8,12H,5-6,9H2,1-4H3. The third kappa shape index (κ3) is 2.31. The van der Waals surface area contributed by atoms with Crippen LogP contribution in [-0.4, -0.2) is 20.4 Å². The summed E-state index contributed by atoms with van der Waals surface area (Å²) < 4.78 is 3.23. The van der Waals surface area contributed by atoms with Crippen LogP contribution in [0.4, 0.5) is 0 Å². The van der Waals surface area contributed by atoms with E-state index in [1.807, 2.05) is 12.3 Å². The third-order valence-corrected chi connectivity index (χ3v) is 6.26.